The number of H-pyrrole nitrogens is 1. The first kappa shape index (κ1) is 22.0. The highest BCUT2D eigenvalue weighted by molar-refractivity contribution is 6.10. The lowest BCUT2D eigenvalue weighted by molar-refractivity contribution is -0.118. The Bertz CT molecular complexity index is 1540. The Morgan fingerprint density at radius 1 is 1.08 bits per heavy atom. The van der Waals surface area contributed by atoms with Crippen LogP contribution < -0.4 is 25.4 Å². The summed E-state index contributed by atoms with van der Waals surface area (Å²) in [5, 5.41) is 17.4. The van der Waals surface area contributed by atoms with Crippen LogP contribution >= 0.6 is 0 Å². The van der Waals surface area contributed by atoms with E-state index in [1.165, 1.54) is 0 Å². The molecule has 4 aromatic rings. The van der Waals surface area contributed by atoms with Gasteiger partial charge in [-0.05, 0) is 66.1 Å². The summed E-state index contributed by atoms with van der Waals surface area (Å²) in [6.07, 6.45) is 0.743. The first-order chi connectivity index (χ1) is 17.5. The molecule has 6 rings (SSSR count). The zero-order valence-corrected chi connectivity index (χ0v) is 20.1. The molecule has 1 spiro atoms. The van der Waals surface area contributed by atoms with Gasteiger partial charge in [0.05, 0.1) is 30.8 Å². The van der Waals surface area contributed by atoms with Crippen LogP contribution in [0.25, 0.3) is 10.9 Å². The fourth-order valence-corrected chi connectivity index (χ4v) is 5.27. The van der Waals surface area contributed by atoms with Gasteiger partial charge in [0.1, 0.15) is 11.5 Å². The number of methoxy groups -OCH3 is 2. The molecule has 9 nitrogen and oxygen atoms in total. The summed E-state index contributed by atoms with van der Waals surface area (Å²) in [5.41, 5.74) is 4.34. The number of fused-ring (bicyclic) bond motifs is 3. The number of benzene rings is 3. The van der Waals surface area contributed by atoms with Crippen LogP contribution in [0.2, 0.25) is 0 Å². The normalized spacial score (nSPS) is 19.6. The van der Waals surface area contributed by atoms with Gasteiger partial charge in [0, 0.05) is 29.6 Å². The van der Waals surface area contributed by atoms with Gasteiger partial charge in [0.2, 0.25) is 5.91 Å². The molecule has 1 aromatic heterocycles. The Kier molecular flexibility index (Phi) is 4.89. The molecule has 9 heteroatoms. The van der Waals surface area contributed by atoms with Crippen molar-refractivity contribution >= 4 is 39.9 Å². The number of hydrogen-bond donors (Lipinski definition) is 4. The van der Waals surface area contributed by atoms with E-state index in [1.54, 1.807) is 39.5 Å². The van der Waals surface area contributed by atoms with Crippen LogP contribution in [-0.4, -0.2) is 43.3 Å². The monoisotopic (exact) mass is 483 g/mol. The maximum absolute atomic E-state index is 13.0. The van der Waals surface area contributed by atoms with Gasteiger partial charge in [-0.3, -0.25) is 14.7 Å². The second kappa shape index (κ2) is 8.01. The van der Waals surface area contributed by atoms with E-state index in [1.807, 2.05) is 30.3 Å². The molecule has 36 heavy (non-hydrogen) atoms. The molecule has 0 saturated heterocycles. The molecule has 4 N–H and O–H groups in total. The van der Waals surface area contributed by atoms with Crippen molar-refractivity contribution in [3.8, 4) is 11.5 Å². The van der Waals surface area contributed by atoms with Crippen molar-refractivity contribution in [2.75, 3.05) is 31.9 Å². The lowest BCUT2D eigenvalue weighted by Crippen LogP contribution is -2.21. The average Bonchev–Trinajstić information content (AvgIpc) is 3.46. The topological polar surface area (TPSA) is 117 Å². The number of rotatable bonds is 6. The summed E-state index contributed by atoms with van der Waals surface area (Å²) in [6, 6.07) is 17.0. The molecule has 3 aromatic carbocycles. The first-order valence-electron chi connectivity index (χ1n) is 11.6. The molecule has 1 fully saturated rings. The van der Waals surface area contributed by atoms with Gasteiger partial charge in [0.15, 0.2) is 5.82 Å². The summed E-state index contributed by atoms with van der Waals surface area (Å²) in [6.45, 7) is 0. The zero-order valence-electron chi connectivity index (χ0n) is 20.1. The van der Waals surface area contributed by atoms with Gasteiger partial charge < -0.3 is 25.4 Å². The lowest BCUT2D eigenvalue weighted by atomic mass is 9.91. The number of anilines is 3. The number of carbonyl (C=O) groups excluding carboxylic acids is 2. The highest BCUT2D eigenvalue weighted by Crippen LogP contribution is 2.65. The number of carbonyl (C=O) groups is 2. The Labute approximate surface area is 207 Å². The predicted octanol–water partition coefficient (Wildman–Crippen LogP) is 4.06. The summed E-state index contributed by atoms with van der Waals surface area (Å²) in [4.78, 5) is 25.1. The number of aromatic amines is 1. The molecule has 0 radical (unpaired) electrons. The third-order valence-electron chi connectivity index (χ3n) is 7.25. The van der Waals surface area contributed by atoms with E-state index >= 15 is 0 Å². The lowest BCUT2D eigenvalue weighted by Gasteiger charge is -2.12. The van der Waals surface area contributed by atoms with Gasteiger partial charge in [-0.1, -0.05) is 6.07 Å². The van der Waals surface area contributed by atoms with Gasteiger partial charge in [0.25, 0.3) is 5.91 Å². The maximum atomic E-state index is 13.0. The van der Waals surface area contributed by atoms with E-state index in [2.05, 4.69) is 32.2 Å². The van der Waals surface area contributed by atoms with Crippen LogP contribution in [-0.2, 0) is 10.2 Å². The highest BCUT2D eigenvalue weighted by Gasteiger charge is 2.65. The number of hydrogen-bond acceptors (Lipinski definition) is 6. The fraction of sp³-hybridized carbons (Fsp3) is 0.222. The van der Waals surface area contributed by atoms with E-state index in [0.717, 1.165) is 39.9 Å². The summed E-state index contributed by atoms with van der Waals surface area (Å²) in [5.74, 6) is 1.86. The van der Waals surface area contributed by atoms with E-state index in [4.69, 9.17) is 9.47 Å². The minimum Gasteiger partial charge on any atom is -0.497 e. The Hall–Kier alpha value is -4.53. The molecule has 1 aliphatic carbocycles. The molecule has 1 saturated carbocycles. The minimum absolute atomic E-state index is 0.0332. The van der Waals surface area contributed by atoms with Crippen LogP contribution in [0.15, 0.2) is 54.6 Å². The molecule has 2 amide bonds. The van der Waals surface area contributed by atoms with Gasteiger partial charge in [-0.2, -0.15) is 5.10 Å². The molecule has 0 bridgehead atoms. The fourth-order valence-electron chi connectivity index (χ4n) is 5.27. The van der Waals surface area contributed by atoms with E-state index in [0.29, 0.717) is 22.8 Å². The van der Waals surface area contributed by atoms with Crippen molar-refractivity contribution in [3.05, 3.63) is 71.3 Å². The van der Waals surface area contributed by atoms with Crippen LogP contribution in [0.1, 0.15) is 33.8 Å². The van der Waals surface area contributed by atoms with Gasteiger partial charge in [-0.25, -0.2) is 0 Å². The Balaban J connectivity index is 1.31. The van der Waals surface area contributed by atoms with Crippen molar-refractivity contribution < 1.29 is 19.1 Å². The predicted molar refractivity (Wildman–Crippen MR) is 136 cm³/mol. The van der Waals surface area contributed by atoms with Crippen LogP contribution in [0.5, 0.6) is 11.5 Å². The second-order valence-electron chi connectivity index (χ2n) is 9.09. The molecule has 1 aliphatic heterocycles. The van der Waals surface area contributed by atoms with Gasteiger partial charge >= 0.3 is 0 Å². The number of nitrogens with one attached hydrogen (secondary N) is 4. The molecule has 2 aliphatic rings. The number of aromatic nitrogens is 2. The molecular weight excluding hydrogens is 458 g/mol. The average molecular weight is 484 g/mol. The van der Waals surface area contributed by atoms with Crippen molar-refractivity contribution in [3.63, 3.8) is 0 Å². The van der Waals surface area contributed by atoms with Gasteiger partial charge in [-0.15, -0.1) is 0 Å². The molecule has 2 atom stereocenters. The van der Waals surface area contributed by atoms with Crippen molar-refractivity contribution in [1.82, 2.24) is 15.5 Å². The number of nitrogens with zero attached hydrogens (tertiary/aromatic N) is 1. The SMILES string of the molecule is CNC(=O)c1ccc(OC)c(Nc2n[nH]c3cc([C@@H]4C[C@@]45C(=O)Nc4ccc(OC)cc45)ccc23)c1. The maximum Gasteiger partial charge on any atom is 0.251 e. The van der Waals surface area contributed by atoms with E-state index in [9.17, 15) is 9.59 Å². The molecule has 2 heterocycles. The Morgan fingerprint density at radius 2 is 1.94 bits per heavy atom. The molecule has 182 valence electrons. The third kappa shape index (κ3) is 3.19. The van der Waals surface area contributed by atoms with Crippen molar-refractivity contribution in [1.29, 1.82) is 0 Å². The first-order valence-corrected chi connectivity index (χ1v) is 11.6. The zero-order chi connectivity index (χ0) is 25.0. The van der Waals surface area contributed by atoms with E-state index in [-0.39, 0.29) is 17.7 Å². The quantitative estimate of drug-likeness (QED) is 0.329. The molecular formula is C27H25N5O4. The minimum atomic E-state index is -0.563. The molecule has 0 unspecified atom stereocenters. The third-order valence-corrected chi connectivity index (χ3v) is 7.25. The summed E-state index contributed by atoms with van der Waals surface area (Å²) < 4.78 is 10.9. The standard InChI is InChI=1S/C27H25N5O4/c1-28-25(33)15-5-9-23(36-3)22(11-15)29-24-17-7-4-14(10-21(17)31-32-24)19-13-27(19)18-12-16(35-2)6-8-20(18)30-26(27)34/h4-12,19H,13H2,1-3H3,(H,28,33)(H,30,34)(H2,29,31,32)/t19-,27-/m0/s1. The van der Waals surface area contributed by atoms with Crippen LogP contribution in [0.4, 0.5) is 17.2 Å². The number of ether oxygens (including phenoxy) is 2. The largest absolute Gasteiger partial charge is 0.497 e. The highest BCUT2D eigenvalue weighted by atomic mass is 16.5. The van der Waals surface area contributed by atoms with Crippen molar-refractivity contribution in [2.24, 2.45) is 0 Å². The van der Waals surface area contributed by atoms with Crippen molar-refractivity contribution in [2.45, 2.75) is 17.8 Å². The van der Waals surface area contributed by atoms with E-state index < -0.39 is 5.41 Å². The van der Waals surface area contributed by atoms with Crippen LogP contribution in [0, 0.1) is 0 Å². The smallest absolute Gasteiger partial charge is 0.251 e. The van der Waals surface area contributed by atoms with Crippen LogP contribution in [0.3, 0.4) is 0 Å². The summed E-state index contributed by atoms with van der Waals surface area (Å²) in [7, 11) is 4.80. The number of amides is 2. The second-order valence-corrected chi connectivity index (χ2v) is 9.09. The Morgan fingerprint density at radius 3 is 2.72 bits per heavy atom. The summed E-state index contributed by atoms with van der Waals surface area (Å²) >= 11 is 0.